The van der Waals surface area contributed by atoms with E-state index in [0.29, 0.717) is 54.6 Å². The predicted molar refractivity (Wildman–Crippen MR) is 178 cm³/mol. The van der Waals surface area contributed by atoms with Crippen LogP contribution in [0.15, 0.2) is 48.5 Å². The topological polar surface area (TPSA) is 145 Å². The summed E-state index contributed by atoms with van der Waals surface area (Å²) in [6, 6.07) is 14.0. The Morgan fingerprint density at radius 3 is 2.57 bits per heavy atom. The Morgan fingerprint density at radius 1 is 1.09 bits per heavy atom. The number of halogens is 2. The van der Waals surface area contributed by atoms with Crippen LogP contribution in [-0.4, -0.2) is 91.2 Å². The van der Waals surface area contributed by atoms with Crippen molar-refractivity contribution in [3.05, 3.63) is 75.5 Å². The fourth-order valence-electron chi connectivity index (χ4n) is 6.38. The van der Waals surface area contributed by atoms with E-state index in [1.54, 1.807) is 23.1 Å². The minimum atomic E-state index is -0.775. The number of ether oxygens (including phenoxy) is 1. The molecular weight excluding hydrogens is 643 g/mol. The van der Waals surface area contributed by atoms with E-state index in [0.717, 1.165) is 18.4 Å². The van der Waals surface area contributed by atoms with E-state index in [1.807, 2.05) is 39.0 Å². The summed E-state index contributed by atoms with van der Waals surface area (Å²) >= 11 is 12.3. The molecule has 3 heterocycles. The van der Waals surface area contributed by atoms with Crippen LogP contribution in [0, 0.1) is 0 Å². The summed E-state index contributed by atoms with van der Waals surface area (Å²) in [5.74, 6) is 0.109. The van der Waals surface area contributed by atoms with Crippen LogP contribution in [0.4, 0.5) is 4.79 Å². The molecule has 0 bridgehead atoms. The van der Waals surface area contributed by atoms with Gasteiger partial charge in [-0.05, 0) is 86.6 Å². The zero-order valence-electron chi connectivity index (χ0n) is 26.9. The molecule has 1 unspecified atom stereocenters. The first kappa shape index (κ1) is 34.6. The van der Waals surface area contributed by atoms with Crippen LogP contribution < -0.4 is 10.6 Å². The molecule has 12 nitrogen and oxygen atoms in total. The molecule has 3 aromatic rings. The Bertz CT molecular complexity index is 1520. The molecule has 1 aromatic heterocycles. The van der Waals surface area contributed by atoms with Gasteiger partial charge in [0.2, 0.25) is 11.8 Å². The van der Waals surface area contributed by atoms with Crippen molar-refractivity contribution in [2.24, 2.45) is 0 Å². The van der Waals surface area contributed by atoms with Crippen molar-refractivity contribution in [1.29, 1.82) is 0 Å². The third-order valence-corrected chi connectivity index (χ3v) is 9.32. The molecule has 0 saturated carbocycles. The van der Waals surface area contributed by atoms with E-state index in [2.05, 4.69) is 48.3 Å². The maximum Gasteiger partial charge on any atom is 0.407 e. The number of nitrogens with one attached hydrogen (secondary N) is 3. The lowest BCUT2D eigenvalue weighted by Gasteiger charge is -2.32. The lowest BCUT2D eigenvalue weighted by Crippen LogP contribution is -2.53. The van der Waals surface area contributed by atoms with Crippen molar-refractivity contribution >= 4 is 41.1 Å². The van der Waals surface area contributed by atoms with Gasteiger partial charge in [0.05, 0.1) is 16.1 Å². The van der Waals surface area contributed by atoms with Crippen LogP contribution in [0.2, 0.25) is 10.0 Å². The zero-order chi connectivity index (χ0) is 33.6. The molecule has 2 fully saturated rings. The molecule has 2 aliphatic heterocycles. The van der Waals surface area contributed by atoms with E-state index >= 15 is 0 Å². The van der Waals surface area contributed by atoms with Crippen LogP contribution in [0.25, 0.3) is 0 Å². The number of fused-ring (bicyclic) bond motifs is 1. The summed E-state index contributed by atoms with van der Waals surface area (Å²) in [4.78, 5) is 45.0. The summed E-state index contributed by atoms with van der Waals surface area (Å²) in [6.07, 6.45) is 2.95. The lowest BCUT2D eigenvalue weighted by molar-refractivity contribution is -0.143. The maximum atomic E-state index is 14.5. The number of rotatable bonds is 11. The van der Waals surface area contributed by atoms with Crippen LogP contribution in [0.3, 0.4) is 0 Å². The number of tetrazole rings is 1. The van der Waals surface area contributed by atoms with Crippen molar-refractivity contribution < 1.29 is 19.1 Å². The molecule has 14 heteroatoms. The molecule has 3 amide bonds. The molecule has 252 valence electrons. The van der Waals surface area contributed by atoms with Gasteiger partial charge in [0.15, 0.2) is 0 Å². The number of nitrogens with zero attached hydrogens (tertiary/aromatic N) is 5. The Kier molecular flexibility index (Phi) is 11.4. The van der Waals surface area contributed by atoms with Gasteiger partial charge in [-0.3, -0.25) is 14.5 Å². The quantitative estimate of drug-likeness (QED) is 0.271. The smallest absolute Gasteiger partial charge is 0.407 e. The minimum Gasteiger partial charge on any atom is -0.444 e. The highest BCUT2D eigenvalue weighted by molar-refractivity contribution is 6.42. The van der Waals surface area contributed by atoms with E-state index in [-0.39, 0.29) is 30.4 Å². The Morgan fingerprint density at radius 2 is 1.87 bits per heavy atom. The highest BCUT2D eigenvalue weighted by Crippen LogP contribution is 2.31. The molecule has 0 spiro atoms. The standard InChI is InChI=1S/C33H42Cl2N8O4/c1-33(2,3)47-32(46)37-23-18-28-31(45)42(16-15-24(43(28)20-23)11-9-21-7-5-4-6-8-21)27(13-14-29-38-40-41-39-29)30(44)36-19-22-10-12-25(34)26(35)17-22/h4-8,10,12,17,23-24,27-28H,9,11,13-16,18-20H2,1-3H3,(H,36,44)(H,37,46)(H,38,39,40,41)/t23-,24?,27-,28+/m1/s1. The Hall–Kier alpha value is -3.74. The molecule has 2 aliphatic rings. The first-order valence-corrected chi connectivity index (χ1v) is 16.8. The minimum absolute atomic E-state index is 0.0676. The second-order valence-corrected chi connectivity index (χ2v) is 14.0. The second-order valence-electron chi connectivity index (χ2n) is 13.2. The van der Waals surface area contributed by atoms with Gasteiger partial charge in [-0.25, -0.2) is 9.89 Å². The number of hydrogen-bond acceptors (Lipinski definition) is 8. The van der Waals surface area contributed by atoms with Crippen molar-refractivity contribution in [3.63, 3.8) is 0 Å². The SMILES string of the molecule is CC(C)(C)OC(=O)N[C@@H]1C[C@H]2C(=O)N([C@H](CCc3nnn[nH]3)C(=O)NCc3ccc(Cl)c(Cl)c3)CCC(CCc3ccccc3)N2C1. The second kappa shape index (κ2) is 15.4. The monoisotopic (exact) mass is 684 g/mol. The average molecular weight is 686 g/mol. The molecule has 0 radical (unpaired) electrons. The number of benzene rings is 2. The van der Waals surface area contributed by atoms with Crippen LogP contribution in [0.5, 0.6) is 0 Å². The van der Waals surface area contributed by atoms with E-state index in [1.165, 1.54) is 5.56 Å². The fraction of sp³-hybridized carbons (Fsp3) is 0.515. The molecule has 0 aliphatic carbocycles. The van der Waals surface area contributed by atoms with Crippen molar-refractivity contribution in [2.45, 2.75) is 95.6 Å². The third kappa shape index (κ3) is 9.42. The number of carbonyl (C=O) groups excluding carboxylic acids is 3. The highest BCUT2D eigenvalue weighted by Gasteiger charge is 2.47. The normalized spacial score (nSPS) is 20.7. The Labute approximate surface area is 284 Å². The number of carbonyl (C=O) groups is 3. The molecule has 3 N–H and O–H groups in total. The number of amides is 3. The summed E-state index contributed by atoms with van der Waals surface area (Å²) in [5, 5.41) is 20.9. The van der Waals surface area contributed by atoms with Gasteiger partial charge in [0.1, 0.15) is 17.5 Å². The van der Waals surface area contributed by atoms with Crippen LogP contribution in [0.1, 0.15) is 63.4 Å². The largest absolute Gasteiger partial charge is 0.444 e. The van der Waals surface area contributed by atoms with E-state index in [4.69, 9.17) is 27.9 Å². The van der Waals surface area contributed by atoms with Crippen LogP contribution >= 0.6 is 23.2 Å². The first-order chi connectivity index (χ1) is 22.5. The molecule has 47 heavy (non-hydrogen) atoms. The number of H-pyrrole nitrogens is 1. The molecule has 2 aromatic carbocycles. The summed E-state index contributed by atoms with van der Waals surface area (Å²) in [6.45, 7) is 6.59. The predicted octanol–water partition coefficient (Wildman–Crippen LogP) is 4.33. The first-order valence-electron chi connectivity index (χ1n) is 16.0. The molecule has 2 saturated heterocycles. The lowest BCUT2D eigenvalue weighted by atomic mass is 10.0. The third-order valence-electron chi connectivity index (χ3n) is 8.58. The van der Waals surface area contributed by atoms with Gasteiger partial charge in [0.25, 0.3) is 0 Å². The number of alkyl carbamates (subject to hydrolysis) is 1. The Balaban J connectivity index is 1.37. The average Bonchev–Trinajstić information content (AvgIpc) is 3.68. The summed E-state index contributed by atoms with van der Waals surface area (Å²) in [7, 11) is 0. The summed E-state index contributed by atoms with van der Waals surface area (Å²) in [5.41, 5.74) is 1.36. The van der Waals surface area contributed by atoms with Gasteiger partial charge in [-0.2, -0.15) is 0 Å². The number of aryl methyl sites for hydroxylation is 2. The van der Waals surface area contributed by atoms with Gasteiger partial charge in [-0.1, -0.05) is 59.6 Å². The molecule has 4 atom stereocenters. The molecular formula is C33H42Cl2N8O4. The van der Waals surface area contributed by atoms with Crippen molar-refractivity contribution in [3.8, 4) is 0 Å². The highest BCUT2D eigenvalue weighted by atomic mass is 35.5. The molecule has 5 rings (SSSR count). The van der Waals surface area contributed by atoms with Crippen LogP contribution in [-0.2, 0) is 33.7 Å². The number of hydrogen-bond donors (Lipinski definition) is 3. The fourth-order valence-corrected chi connectivity index (χ4v) is 6.70. The zero-order valence-corrected chi connectivity index (χ0v) is 28.4. The van der Waals surface area contributed by atoms with E-state index < -0.39 is 23.8 Å². The van der Waals surface area contributed by atoms with Gasteiger partial charge in [0, 0.05) is 38.1 Å². The van der Waals surface area contributed by atoms with Crippen molar-refractivity contribution in [1.82, 2.24) is 41.1 Å². The number of aromatic nitrogens is 4. The van der Waals surface area contributed by atoms with Gasteiger partial charge < -0.3 is 20.3 Å². The maximum absolute atomic E-state index is 14.5. The van der Waals surface area contributed by atoms with Gasteiger partial charge in [-0.15, -0.1) is 5.10 Å². The number of aromatic amines is 1. The van der Waals surface area contributed by atoms with Gasteiger partial charge >= 0.3 is 6.09 Å². The van der Waals surface area contributed by atoms with Crippen molar-refractivity contribution in [2.75, 3.05) is 13.1 Å². The summed E-state index contributed by atoms with van der Waals surface area (Å²) < 4.78 is 5.52. The van der Waals surface area contributed by atoms with E-state index in [9.17, 15) is 14.4 Å².